The number of aryl methyl sites for hydroxylation is 1. The highest BCUT2D eigenvalue weighted by molar-refractivity contribution is 5.29. The number of alkyl halides is 2. The number of hydrogen-bond acceptors (Lipinski definition) is 3. The van der Waals surface area contributed by atoms with Gasteiger partial charge in [-0.2, -0.15) is 8.78 Å². The molecule has 0 saturated heterocycles. The number of rotatable bonds is 4. The summed E-state index contributed by atoms with van der Waals surface area (Å²) in [4.78, 5) is 4.10. The van der Waals surface area contributed by atoms with Crippen molar-refractivity contribution in [2.45, 2.75) is 20.1 Å². The van der Waals surface area contributed by atoms with Crippen LogP contribution in [0.25, 0.3) is 0 Å². The Hall–Kier alpha value is -1.23. The first-order valence-electron chi connectivity index (χ1n) is 4.19. The van der Waals surface area contributed by atoms with E-state index in [0.717, 1.165) is 5.69 Å². The molecule has 78 valence electrons. The van der Waals surface area contributed by atoms with Crippen LogP contribution in [-0.4, -0.2) is 18.6 Å². The molecule has 0 aliphatic carbocycles. The van der Waals surface area contributed by atoms with Gasteiger partial charge in [-0.25, -0.2) is 0 Å². The van der Waals surface area contributed by atoms with Crippen LogP contribution in [0.4, 0.5) is 8.78 Å². The van der Waals surface area contributed by atoms with E-state index in [0.29, 0.717) is 12.2 Å². The van der Waals surface area contributed by atoms with Gasteiger partial charge in [-0.1, -0.05) is 0 Å². The Morgan fingerprint density at radius 1 is 1.50 bits per heavy atom. The van der Waals surface area contributed by atoms with Gasteiger partial charge in [-0.3, -0.25) is 4.98 Å². The molecule has 0 amide bonds. The summed E-state index contributed by atoms with van der Waals surface area (Å²) in [6.07, 6.45) is 0. The lowest BCUT2D eigenvalue weighted by Crippen LogP contribution is -2.12. The Bertz CT molecular complexity index is 305. The molecule has 3 nitrogen and oxygen atoms in total. The highest BCUT2D eigenvalue weighted by Gasteiger charge is 2.10. The third kappa shape index (κ3) is 2.92. The molecule has 0 spiro atoms. The molecule has 1 N–H and O–H groups in total. The summed E-state index contributed by atoms with van der Waals surface area (Å²) < 4.78 is 28.3. The topological polar surface area (TPSA) is 34.2 Å². The van der Waals surface area contributed by atoms with E-state index in [9.17, 15) is 8.78 Å². The van der Waals surface area contributed by atoms with Crippen molar-refractivity contribution >= 4 is 0 Å². The van der Waals surface area contributed by atoms with Crippen LogP contribution in [0.1, 0.15) is 11.4 Å². The van der Waals surface area contributed by atoms with Gasteiger partial charge in [0.05, 0.1) is 5.69 Å². The molecule has 5 heteroatoms. The first-order chi connectivity index (χ1) is 6.63. The molecule has 1 aromatic rings. The average molecular weight is 202 g/mol. The second-order valence-electron chi connectivity index (χ2n) is 2.81. The van der Waals surface area contributed by atoms with E-state index in [4.69, 9.17) is 0 Å². The van der Waals surface area contributed by atoms with E-state index in [1.165, 1.54) is 6.07 Å². The Labute approximate surface area is 81.1 Å². The summed E-state index contributed by atoms with van der Waals surface area (Å²) in [7, 11) is 1.72. The quantitative estimate of drug-likeness (QED) is 0.807. The molecular weight excluding hydrogens is 190 g/mol. The van der Waals surface area contributed by atoms with Gasteiger partial charge in [0.15, 0.2) is 0 Å². The van der Waals surface area contributed by atoms with Crippen molar-refractivity contribution in [1.82, 2.24) is 10.3 Å². The average Bonchev–Trinajstić information content (AvgIpc) is 2.09. The number of hydrogen-bond donors (Lipinski definition) is 1. The monoisotopic (exact) mass is 202 g/mol. The Balaban J connectivity index is 2.89. The zero-order valence-electron chi connectivity index (χ0n) is 8.05. The smallest absolute Gasteiger partial charge is 0.387 e. The van der Waals surface area contributed by atoms with Crippen LogP contribution in [0.15, 0.2) is 12.1 Å². The van der Waals surface area contributed by atoms with Crippen LogP contribution in [0.2, 0.25) is 0 Å². The fourth-order valence-corrected chi connectivity index (χ4v) is 1.10. The predicted molar refractivity (Wildman–Crippen MR) is 48.4 cm³/mol. The molecule has 1 heterocycles. The Morgan fingerprint density at radius 2 is 2.21 bits per heavy atom. The molecule has 0 bridgehead atoms. The van der Waals surface area contributed by atoms with Gasteiger partial charge in [-0.15, -0.1) is 0 Å². The van der Waals surface area contributed by atoms with E-state index < -0.39 is 6.61 Å². The van der Waals surface area contributed by atoms with Crippen LogP contribution in [0.3, 0.4) is 0 Å². The lowest BCUT2D eigenvalue weighted by molar-refractivity contribution is -0.0507. The number of aromatic nitrogens is 1. The van der Waals surface area contributed by atoms with Gasteiger partial charge in [0.2, 0.25) is 0 Å². The van der Waals surface area contributed by atoms with Crippen LogP contribution in [0.5, 0.6) is 5.75 Å². The standard InChI is InChI=1S/C9H12F2N2O/c1-6-3-4-8(14-9(10)11)7(13-6)5-12-2/h3-4,9,12H,5H2,1-2H3. The normalized spacial score (nSPS) is 10.6. The molecule has 0 aromatic carbocycles. The molecule has 0 aliphatic heterocycles. The molecule has 0 unspecified atom stereocenters. The third-order valence-corrected chi connectivity index (χ3v) is 1.63. The molecule has 0 fully saturated rings. The summed E-state index contributed by atoms with van der Waals surface area (Å²) in [5.41, 5.74) is 1.27. The first-order valence-corrected chi connectivity index (χ1v) is 4.19. The first kappa shape index (κ1) is 10.8. The third-order valence-electron chi connectivity index (χ3n) is 1.63. The maximum absolute atomic E-state index is 12.0. The van der Waals surface area contributed by atoms with Crippen molar-refractivity contribution in [3.8, 4) is 5.75 Å². The van der Waals surface area contributed by atoms with Crippen LogP contribution < -0.4 is 10.1 Å². The van der Waals surface area contributed by atoms with Gasteiger partial charge < -0.3 is 10.1 Å². The molecule has 0 atom stereocenters. The predicted octanol–water partition coefficient (Wildman–Crippen LogP) is 1.71. The zero-order chi connectivity index (χ0) is 10.6. The van der Waals surface area contributed by atoms with Gasteiger partial charge in [0.1, 0.15) is 5.75 Å². The van der Waals surface area contributed by atoms with E-state index in [1.54, 1.807) is 20.0 Å². The second kappa shape index (κ2) is 4.85. The van der Waals surface area contributed by atoms with Crippen molar-refractivity contribution in [3.05, 3.63) is 23.5 Å². The fraction of sp³-hybridized carbons (Fsp3) is 0.444. The molecular formula is C9H12F2N2O. The van der Waals surface area contributed by atoms with Gasteiger partial charge in [0, 0.05) is 12.2 Å². The van der Waals surface area contributed by atoms with Gasteiger partial charge in [0.25, 0.3) is 0 Å². The zero-order valence-corrected chi connectivity index (χ0v) is 8.05. The molecule has 0 radical (unpaired) electrons. The minimum Gasteiger partial charge on any atom is -0.433 e. The number of pyridine rings is 1. The van der Waals surface area contributed by atoms with Crippen molar-refractivity contribution in [1.29, 1.82) is 0 Å². The van der Waals surface area contributed by atoms with Crippen molar-refractivity contribution in [2.24, 2.45) is 0 Å². The SMILES string of the molecule is CNCc1nc(C)ccc1OC(F)F. The number of ether oxygens (including phenoxy) is 1. The van der Waals surface area contributed by atoms with E-state index in [1.807, 2.05) is 0 Å². The van der Waals surface area contributed by atoms with Crippen LogP contribution >= 0.6 is 0 Å². The van der Waals surface area contributed by atoms with Crippen LogP contribution in [-0.2, 0) is 6.54 Å². The van der Waals surface area contributed by atoms with E-state index in [2.05, 4.69) is 15.0 Å². The van der Waals surface area contributed by atoms with Crippen molar-refractivity contribution in [2.75, 3.05) is 7.05 Å². The largest absolute Gasteiger partial charge is 0.433 e. The summed E-state index contributed by atoms with van der Waals surface area (Å²) in [5.74, 6) is 0.125. The summed E-state index contributed by atoms with van der Waals surface area (Å²) in [6.45, 7) is -0.607. The molecule has 1 rings (SSSR count). The number of halogens is 2. The lowest BCUT2D eigenvalue weighted by Gasteiger charge is -2.09. The minimum atomic E-state index is -2.81. The second-order valence-corrected chi connectivity index (χ2v) is 2.81. The summed E-state index contributed by atoms with van der Waals surface area (Å²) in [6, 6.07) is 3.14. The molecule has 0 saturated carbocycles. The lowest BCUT2D eigenvalue weighted by atomic mass is 10.3. The number of nitrogens with zero attached hydrogens (tertiary/aromatic N) is 1. The van der Waals surface area contributed by atoms with Gasteiger partial charge in [-0.05, 0) is 26.1 Å². The van der Waals surface area contributed by atoms with E-state index >= 15 is 0 Å². The van der Waals surface area contributed by atoms with Gasteiger partial charge >= 0.3 is 6.61 Å². The molecule has 14 heavy (non-hydrogen) atoms. The highest BCUT2D eigenvalue weighted by atomic mass is 19.3. The van der Waals surface area contributed by atoms with E-state index in [-0.39, 0.29) is 5.75 Å². The Morgan fingerprint density at radius 3 is 2.79 bits per heavy atom. The maximum Gasteiger partial charge on any atom is 0.387 e. The fourth-order valence-electron chi connectivity index (χ4n) is 1.10. The highest BCUT2D eigenvalue weighted by Crippen LogP contribution is 2.18. The van der Waals surface area contributed by atoms with Crippen LogP contribution in [0, 0.1) is 6.92 Å². The van der Waals surface area contributed by atoms with Crippen molar-refractivity contribution in [3.63, 3.8) is 0 Å². The minimum absolute atomic E-state index is 0.125. The Kier molecular flexibility index (Phi) is 3.76. The molecule has 0 aliphatic rings. The maximum atomic E-state index is 12.0. The molecule has 1 aromatic heterocycles. The summed E-state index contributed by atoms with van der Waals surface area (Å²) >= 11 is 0. The summed E-state index contributed by atoms with van der Waals surface area (Å²) in [5, 5.41) is 2.84. The van der Waals surface area contributed by atoms with Crippen molar-refractivity contribution < 1.29 is 13.5 Å². The number of nitrogens with one attached hydrogen (secondary N) is 1.